The van der Waals surface area contributed by atoms with E-state index >= 15 is 0 Å². The van der Waals surface area contributed by atoms with Gasteiger partial charge in [0.15, 0.2) is 0 Å². The summed E-state index contributed by atoms with van der Waals surface area (Å²) in [7, 11) is -2.27. The van der Waals surface area contributed by atoms with E-state index in [1.165, 1.54) is 25.9 Å². The molecule has 0 aromatic rings. The first-order valence-corrected chi connectivity index (χ1v) is 7.93. The van der Waals surface area contributed by atoms with E-state index in [2.05, 4.69) is 11.8 Å². The predicted molar refractivity (Wildman–Crippen MR) is 63.6 cm³/mol. The van der Waals surface area contributed by atoms with Crippen molar-refractivity contribution in [3.8, 4) is 0 Å². The minimum atomic E-state index is -2.27. The maximum absolute atomic E-state index is 11.6. The average Bonchev–Trinajstić information content (AvgIpc) is 2.13. The molecule has 88 valence electrons. The van der Waals surface area contributed by atoms with Crippen LogP contribution in [0.3, 0.4) is 0 Å². The van der Waals surface area contributed by atoms with Crippen molar-refractivity contribution in [3.05, 3.63) is 0 Å². The Kier molecular flexibility index (Phi) is 2.84. The topological polar surface area (TPSA) is 44.2 Å². The van der Waals surface area contributed by atoms with Gasteiger partial charge in [0.2, 0.25) is 0 Å². The number of piperidine rings is 1. The lowest BCUT2D eigenvalue weighted by Crippen LogP contribution is -2.51. The summed E-state index contributed by atoms with van der Waals surface area (Å²) in [5.74, 6) is 0. The molecule has 1 unspecified atom stereocenters. The smallest absolute Gasteiger partial charge is 0.0441 e. The molecule has 1 heterocycles. The van der Waals surface area contributed by atoms with E-state index in [-0.39, 0.29) is 5.25 Å². The third-order valence-electron chi connectivity index (χ3n) is 4.32. The first-order valence-electron chi connectivity index (χ1n) is 5.90. The van der Waals surface area contributed by atoms with Crippen LogP contribution in [0.1, 0.15) is 32.6 Å². The van der Waals surface area contributed by atoms with E-state index < -0.39 is 9.73 Å². The van der Waals surface area contributed by atoms with Gasteiger partial charge in [-0.3, -0.25) is 4.78 Å². The van der Waals surface area contributed by atoms with Crippen molar-refractivity contribution >= 4 is 9.73 Å². The fraction of sp³-hybridized carbons (Fsp3) is 1.00. The lowest BCUT2D eigenvalue weighted by Gasteiger charge is -2.52. The number of nitrogens with zero attached hydrogens (tertiary/aromatic N) is 1. The SMILES string of the molecule is CCN1CCC2(CC1)CC(S(C)(=N)=O)C2. The molecule has 4 heteroatoms. The number of likely N-dealkylation sites (tertiary alicyclic amines) is 1. The van der Waals surface area contributed by atoms with Crippen LogP contribution >= 0.6 is 0 Å². The van der Waals surface area contributed by atoms with Crippen molar-refractivity contribution in [1.29, 1.82) is 4.78 Å². The van der Waals surface area contributed by atoms with E-state index in [1.54, 1.807) is 6.26 Å². The lowest BCUT2D eigenvalue weighted by molar-refractivity contribution is 0.0394. The van der Waals surface area contributed by atoms with Gasteiger partial charge >= 0.3 is 0 Å². The van der Waals surface area contributed by atoms with Crippen molar-refractivity contribution in [2.75, 3.05) is 25.9 Å². The summed E-state index contributed by atoms with van der Waals surface area (Å²) in [6.45, 7) is 5.77. The van der Waals surface area contributed by atoms with Gasteiger partial charge in [0.1, 0.15) is 0 Å². The zero-order chi connectivity index (χ0) is 11.1. The van der Waals surface area contributed by atoms with Crippen molar-refractivity contribution in [2.24, 2.45) is 5.41 Å². The molecular formula is C11H22N2OS. The van der Waals surface area contributed by atoms with Gasteiger partial charge in [-0.1, -0.05) is 6.92 Å². The molecular weight excluding hydrogens is 208 g/mol. The summed E-state index contributed by atoms with van der Waals surface area (Å²) in [5, 5.41) is 0.186. The Bertz CT molecular complexity index is 320. The van der Waals surface area contributed by atoms with Crippen molar-refractivity contribution in [1.82, 2.24) is 4.90 Å². The van der Waals surface area contributed by atoms with Gasteiger partial charge in [0, 0.05) is 21.2 Å². The molecule has 0 radical (unpaired) electrons. The highest BCUT2D eigenvalue weighted by Crippen LogP contribution is 2.51. The van der Waals surface area contributed by atoms with Gasteiger partial charge in [-0.15, -0.1) is 0 Å². The fourth-order valence-electron chi connectivity index (χ4n) is 2.98. The number of hydrogen-bond donors (Lipinski definition) is 1. The Morgan fingerprint density at radius 3 is 2.33 bits per heavy atom. The molecule has 1 aliphatic heterocycles. The molecule has 1 saturated carbocycles. The fourth-order valence-corrected chi connectivity index (χ4v) is 4.32. The molecule has 1 N–H and O–H groups in total. The first kappa shape index (κ1) is 11.4. The molecule has 0 aromatic heterocycles. The zero-order valence-corrected chi connectivity index (χ0v) is 10.6. The summed E-state index contributed by atoms with van der Waals surface area (Å²) in [6, 6.07) is 0. The van der Waals surface area contributed by atoms with Crippen LogP contribution in [0.5, 0.6) is 0 Å². The zero-order valence-electron chi connectivity index (χ0n) is 9.79. The van der Waals surface area contributed by atoms with Crippen LogP contribution in [0.4, 0.5) is 0 Å². The van der Waals surface area contributed by atoms with Crippen molar-refractivity contribution < 1.29 is 4.21 Å². The molecule has 15 heavy (non-hydrogen) atoms. The number of nitrogens with one attached hydrogen (secondary N) is 1. The summed E-state index contributed by atoms with van der Waals surface area (Å²) >= 11 is 0. The molecule has 1 atom stereocenters. The quantitative estimate of drug-likeness (QED) is 0.787. The molecule has 0 bridgehead atoms. The molecule has 0 amide bonds. The van der Waals surface area contributed by atoms with E-state index in [4.69, 9.17) is 4.78 Å². The third kappa shape index (κ3) is 2.21. The molecule has 1 aliphatic carbocycles. The largest absolute Gasteiger partial charge is 0.304 e. The van der Waals surface area contributed by atoms with Gasteiger partial charge in [-0.25, -0.2) is 4.21 Å². The summed E-state index contributed by atoms with van der Waals surface area (Å²) < 4.78 is 19.2. The molecule has 0 aromatic carbocycles. The Balaban J connectivity index is 1.88. The monoisotopic (exact) mass is 230 g/mol. The second kappa shape index (κ2) is 3.74. The maximum Gasteiger partial charge on any atom is 0.0441 e. The molecule has 1 saturated heterocycles. The van der Waals surface area contributed by atoms with E-state index in [9.17, 15) is 4.21 Å². The van der Waals surface area contributed by atoms with E-state index in [0.717, 1.165) is 19.4 Å². The standard InChI is InChI=1S/C11H22N2OS/c1-3-13-6-4-11(5-7-13)8-10(9-11)15(2,12)14/h10,12H,3-9H2,1-2H3. The highest BCUT2D eigenvalue weighted by Gasteiger charge is 2.48. The second-order valence-electron chi connectivity index (χ2n) is 5.37. The van der Waals surface area contributed by atoms with Crippen LogP contribution in [-0.4, -0.2) is 40.2 Å². The van der Waals surface area contributed by atoms with Gasteiger partial charge in [0.25, 0.3) is 0 Å². The average molecular weight is 230 g/mol. The predicted octanol–water partition coefficient (Wildman–Crippen LogP) is 1.93. The van der Waals surface area contributed by atoms with Gasteiger partial charge in [-0.2, -0.15) is 0 Å². The third-order valence-corrected chi connectivity index (χ3v) is 5.93. The van der Waals surface area contributed by atoms with Crippen LogP contribution in [0.15, 0.2) is 0 Å². The highest BCUT2D eigenvalue weighted by atomic mass is 32.2. The Hall–Kier alpha value is -0.0900. The van der Waals surface area contributed by atoms with Gasteiger partial charge < -0.3 is 4.90 Å². The summed E-state index contributed by atoms with van der Waals surface area (Å²) in [4.78, 5) is 2.49. The van der Waals surface area contributed by atoms with Crippen molar-refractivity contribution in [2.45, 2.75) is 37.9 Å². The van der Waals surface area contributed by atoms with E-state index in [1.807, 2.05) is 0 Å². The Morgan fingerprint density at radius 2 is 1.93 bits per heavy atom. The van der Waals surface area contributed by atoms with Crippen LogP contribution < -0.4 is 0 Å². The molecule has 3 nitrogen and oxygen atoms in total. The van der Waals surface area contributed by atoms with Crippen LogP contribution in [0, 0.1) is 10.2 Å². The maximum atomic E-state index is 11.6. The van der Waals surface area contributed by atoms with Crippen LogP contribution in [0.25, 0.3) is 0 Å². The molecule has 2 fully saturated rings. The van der Waals surface area contributed by atoms with Crippen LogP contribution in [-0.2, 0) is 9.73 Å². The molecule has 2 rings (SSSR count). The van der Waals surface area contributed by atoms with Crippen molar-refractivity contribution in [3.63, 3.8) is 0 Å². The molecule has 2 aliphatic rings. The summed E-state index contributed by atoms with van der Waals surface area (Å²) in [5.41, 5.74) is 0.468. The number of rotatable bonds is 2. The minimum Gasteiger partial charge on any atom is -0.304 e. The highest BCUT2D eigenvalue weighted by molar-refractivity contribution is 7.92. The van der Waals surface area contributed by atoms with Crippen LogP contribution in [0.2, 0.25) is 0 Å². The Labute approximate surface area is 93.2 Å². The summed E-state index contributed by atoms with van der Waals surface area (Å²) in [6.07, 6.45) is 6.21. The second-order valence-corrected chi connectivity index (χ2v) is 7.84. The normalized spacial score (nSPS) is 31.1. The Morgan fingerprint density at radius 1 is 1.40 bits per heavy atom. The van der Waals surface area contributed by atoms with Gasteiger partial charge in [-0.05, 0) is 50.7 Å². The minimum absolute atomic E-state index is 0.186. The molecule has 1 spiro atoms. The number of hydrogen-bond acceptors (Lipinski definition) is 3. The van der Waals surface area contributed by atoms with E-state index in [0.29, 0.717) is 5.41 Å². The first-order chi connectivity index (χ1) is 6.95. The lowest BCUT2D eigenvalue weighted by atomic mass is 9.63. The van der Waals surface area contributed by atoms with Gasteiger partial charge in [0.05, 0.1) is 0 Å².